The lowest BCUT2D eigenvalue weighted by molar-refractivity contribution is -0.385. The SMILES string of the molecule is O=[N+]([O-])c1cccc(S(=O)(=O)NOCc2ccccc2)c1. The fraction of sp³-hybridized carbons (Fsp3) is 0.0769. The van der Waals surface area contributed by atoms with Crippen LogP contribution in [0.25, 0.3) is 0 Å². The molecule has 21 heavy (non-hydrogen) atoms. The van der Waals surface area contributed by atoms with Crippen LogP contribution in [0, 0.1) is 10.1 Å². The first-order valence-corrected chi connectivity index (χ1v) is 7.39. The van der Waals surface area contributed by atoms with Crippen LogP contribution in [0.1, 0.15) is 5.56 Å². The van der Waals surface area contributed by atoms with E-state index in [2.05, 4.69) is 0 Å². The highest BCUT2D eigenvalue weighted by Gasteiger charge is 2.17. The first-order valence-electron chi connectivity index (χ1n) is 5.91. The fourth-order valence-corrected chi connectivity index (χ4v) is 2.42. The van der Waals surface area contributed by atoms with Gasteiger partial charge in [0.25, 0.3) is 15.7 Å². The Morgan fingerprint density at radius 1 is 1.10 bits per heavy atom. The Hall–Kier alpha value is -2.29. The summed E-state index contributed by atoms with van der Waals surface area (Å²) in [5.74, 6) is 0. The summed E-state index contributed by atoms with van der Waals surface area (Å²) in [6.07, 6.45) is 0. The summed E-state index contributed by atoms with van der Waals surface area (Å²) in [6, 6.07) is 13.7. The molecule has 0 saturated carbocycles. The number of benzene rings is 2. The van der Waals surface area contributed by atoms with Gasteiger partial charge in [-0.2, -0.15) is 0 Å². The smallest absolute Gasteiger partial charge is 0.270 e. The van der Waals surface area contributed by atoms with Gasteiger partial charge in [0.15, 0.2) is 0 Å². The van der Waals surface area contributed by atoms with Crippen LogP contribution in [0.3, 0.4) is 0 Å². The minimum atomic E-state index is -3.96. The van der Waals surface area contributed by atoms with E-state index in [0.717, 1.165) is 11.6 Å². The van der Waals surface area contributed by atoms with Crippen LogP contribution in [-0.4, -0.2) is 13.3 Å². The van der Waals surface area contributed by atoms with Crippen LogP contribution in [0.4, 0.5) is 5.69 Å². The Bertz CT molecular complexity index is 731. The normalized spacial score (nSPS) is 11.2. The lowest BCUT2D eigenvalue weighted by atomic mass is 10.2. The molecule has 110 valence electrons. The van der Waals surface area contributed by atoms with Crippen molar-refractivity contribution in [3.05, 3.63) is 70.3 Å². The Kier molecular flexibility index (Phi) is 4.63. The van der Waals surface area contributed by atoms with Crippen molar-refractivity contribution in [1.82, 2.24) is 4.89 Å². The molecule has 2 rings (SSSR count). The molecular weight excluding hydrogens is 296 g/mol. The van der Waals surface area contributed by atoms with Crippen LogP contribution < -0.4 is 4.89 Å². The molecule has 2 aromatic rings. The highest BCUT2D eigenvalue weighted by molar-refractivity contribution is 7.89. The quantitative estimate of drug-likeness (QED) is 0.650. The number of sulfonamides is 1. The van der Waals surface area contributed by atoms with Crippen molar-refractivity contribution in [3.63, 3.8) is 0 Å². The van der Waals surface area contributed by atoms with Gasteiger partial charge in [-0.15, -0.1) is 0 Å². The van der Waals surface area contributed by atoms with E-state index in [4.69, 9.17) is 4.84 Å². The zero-order valence-corrected chi connectivity index (χ0v) is 11.6. The second-order valence-corrected chi connectivity index (χ2v) is 5.76. The molecule has 0 bridgehead atoms. The predicted molar refractivity (Wildman–Crippen MR) is 74.6 cm³/mol. The third-order valence-corrected chi connectivity index (χ3v) is 3.80. The zero-order chi connectivity index (χ0) is 15.3. The number of nitro groups is 1. The van der Waals surface area contributed by atoms with Crippen LogP contribution in [0.5, 0.6) is 0 Å². The van der Waals surface area contributed by atoms with E-state index >= 15 is 0 Å². The second-order valence-electron chi connectivity index (χ2n) is 4.12. The van der Waals surface area contributed by atoms with Crippen molar-refractivity contribution < 1.29 is 18.2 Å². The van der Waals surface area contributed by atoms with Gasteiger partial charge in [0.05, 0.1) is 16.4 Å². The Morgan fingerprint density at radius 2 is 1.81 bits per heavy atom. The monoisotopic (exact) mass is 308 g/mol. The molecule has 0 saturated heterocycles. The fourth-order valence-electron chi connectivity index (χ4n) is 1.58. The van der Waals surface area contributed by atoms with Crippen molar-refractivity contribution in [3.8, 4) is 0 Å². The van der Waals surface area contributed by atoms with Crippen molar-refractivity contribution in [2.45, 2.75) is 11.5 Å². The largest absolute Gasteiger partial charge is 0.282 e. The van der Waals surface area contributed by atoms with Gasteiger partial charge in [-0.25, -0.2) is 8.42 Å². The molecule has 0 aliphatic rings. The summed E-state index contributed by atoms with van der Waals surface area (Å²) in [7, 11) is -3.96. The van der Waals surface area contributed by atoms with Crippen LogP contribution in [0.15, 0.2) is 59.5 Å². The maximum absolute atomic E-state index is 11.9. The molecule has 0 spiro atoms. The minimum Gasteiger partial charge on any atom is -0.282 e. The molecule has 0 heterocycles. The van der Waals surface area contributed by atoms with Gasteiger partial charge in [-0.05, 0) is 11.6 Å². The highest BCUT2D eigenvalue weighted by Crippen LogP contribution is 2.17. The number of nitro benzene ring substituents is 1. The molecule has 0 radical (unpaired) electrons. The van der Waals surface area contributed by atoms with Crippen molar-refractivity contribution >= 4 is 15.7 Å². The topological polar surface area (TPSA) is 98.5 Å². The van der Waals surface area contributed by atoms with Gasteiger partial charge in [0.1, 0.15) is 0 Å². The summed E-state index contributed by atoms with van der Waals surface area (Å²) >= 11 is 0. The molecule has 1 N–H and O–H groups in total. The van der Waals surface area contributed by atoms with Gasteiger partial charge in [-0.3, -0.25) is 15.0 Å². The van der Waals surface area contributed by atoms with E-state index in [1.165, 1.54) is 18.2 Å². The molecule has 0 atom stereocenters. The summed E-state index contributed by atoms with van der Waals surface area (Å²) in [5.41, 5.74) is 0.486. The molecule has 0 aliphatic carbocycles. The van der Waals surface area contributed by atoms with Crippen molar-refractivity contribution in [1.29, 1.82) is 0 Å². The number of nitrogens with zero attached hydrogens (tertiary/aromatic N) is 1. The van der Waals surface area contributed by atoms with Gasteiger partial charge in [0, 0.05) is 12.1 Å². The molecule has 0 aliphatic heterocycles. The number of hydrogen-bond donors (Lipinski definition) is 1. The number of nitrogens with one attached hydrogen (secondary N) is 1. The van der Waals surface area contributed by atoms with E-state index < -0.39 is 14.9 Å². The van der Waals surface area contributed by atoms with Gasteiger partial charge >= 0.3 is 0 Å². The van der Waals surface area contributed by atoms with E-state index in [1.807, 2.05) is 11.0 Å². The van der Waals surface area contributed by atoms with Crippen LogP contribution in [0.2, 0.25) is 0 Å². The summed E-state index contributed by atoms with van der Waals surface area (Å²) < 4.78 is 23.9. The summed E-state index contributed by atoms with van der Waals surface area (Å²) in [5, 5.41) is 10.6. The first kappa shape index (κ1) is 15.1. The Morgan fingerprint density at radius 3 is 2.48 bits per heavy atom. The number of rotatable bonds is 6. The van der Waals surface area contributed by atoms with Gasteiger partial charge < -0.3 is 0 Å². The van der Waals surface area contributed by atoms with Crippen LogP contribution in [-0.2, 0) is 21.5 Å². The predicted octanol–water partition coefficient (Wildman–Crippen LogP) is 2.00. The first-order chi connectivity index (χ1) is 9.99. The third-order valence-electron chi connectivity index (χ3n) is 2.59. The van der Waals surface area contributed by atoms with Crippen molar-refractivity contribution in [2.75, 3.05) is 0 Å². The highest BCUT2D eigenvalue weighted by atomic mass is 32.2. The average molecular weight is 308 g/mol. The summed E-state index contributed by atoms with van der Waals surface area (Å²) in [4.78, 5) is 16.6. The van der Waals surface area contributed by atoms with E-state index in [1.54, 1.807) is 24.3 Å². The summed E-state index contributed by atoms with van der Waals surface area (Å²) in [6.45, 7) is 0.0506. The molecule has 0 aromatic heterocycles. The number of non-ortho nitro benzene ring substituents is 1. The lowest BCUT2D eigenvalue weighted by Crippen LogP contribution is -2.24. The Balaban J connectivity index is 2.05. The molecule has 7 nitrogen and oxygen atoms in total. The van der Waals surface area contributed by atoms with Gasteiger partial charge in [0.2, 0.25) is 0 Å². The van der Waals surface area contributed by atoms with Crippen LogP contribution >= 0.6 is 0 Å². The van der Waals surface area contributed by atoms with Crippen molar-refractivity contribution in [2.24, 2.45) is 0 Å². The average Bonchev–Trinajstić information content (AvgIpc) is 2.48. The molecule has 2 aromatic carbocycles. The minimum absolute atomic E-state index is 0.0506. The lowest BCUT2D eigenvalue weighted by Gasteiger charge is -2.07. The second kappa shape index (κ2) is 6.44. The number of hydrogen-bond acceptors (Lipinski definition) is 5. The maximum Gasteiger partial charge on any atom is 0.270 e. The standard InChI is InChI=1S/C13H12N2O5S/c16-15(17)12-7-4-8-13(9-12)21(18,19)14-20-10-11-5-2-1-3-6-11/h1-9,14H,10H2. The zero-order valence-electron chi connectivity index (χ0n) is 10.8. The maximum atomic E-state index is 11.9. The third kappa shape index (κ3) is 4.09. The van der Waals surface area contributed by atoms with E-state index in [0.29, 0.717) is 0 Å². The Labute approximate surface area is 121 Å². The molecule has 8 heteroatoms. The van der Waals surface area contributed by atoms with E-state index in [9.17, 15) is 18.5 Å². The molecule has 0 fully saturated rings. The molecule has 0 amide bonds. The van der Waals surface area contributed by atoms with Gasteiger partial charge in [-0.1, -0.05) is 41.3 Å². The van der Waals surface area contributed by atoms with E-state index in [-0.39, 0.29) is 17.2 Å². The molecular formula is C13H12N2O5S. The molecule has 0 unspecified atom stereocenters.